The van der Waals surface area contributed by atoms with Crippen LogP contribution in [0.3, 0.4) is 0 Å². The average molecular weight is 337 g/mol. The Kier molecular flexibility index (Phi) is 4.97. The average Bonchev–Trinajstić information content (AvgIpc) is 3.07. The number of hydrogen-bond donors (Lipinski definition) is 1. The van der Waals surface area contributed by atoms with Gasteiger partial charge < -0.3 is 5.32 Å². The van der Waals surface area contributed by atoms with Crippen molar-refractivity contribution in [3.05, 3.63) is 52.0 Å². The molecule has 0 saturated carbocycles. The van der Waals surface area contributed by atoms with Crippen LogP contribution in [-0.2, 0) is 6.54 Å². The first-order valence-electron chi connectivity index (χ1n) is 7.47. The van der Waals surface area contributed by atoms with Gasteiger partial charge in [-0.1, -0.05) is 6.07 Å². The van der Waals surface area contributed by atoms with Crippen molar-refractivity contribution in [2.45, 2.75) is 25.4 Å². The first kappa shape index (κ1) is 16.0. The van der Waals surface area contributed by atoms with Crippen molar-refractivity contribution in [1.29, 1.82) is 0 Å². The number of piperidine rings is 1. The van der Waals surface area contributed by atoms with E-state index in [2.05, 4.69) is 15.2 Å². The minimum absolute atomic E-state index is 0.130. The molecule has 122 valence electrons. The van der Waals surface area contributed by atoms with Gasteiger partial charge in [-0.2, -0.15) is 0 Å². The summed E-state index contributed by atoms with van der Waals surface area (Å²) >= 11 is 1.40. The zero-order valence-electron chi connectivity index (χ0n) is 12.5. The molecule has 0 radical (unpaired) electrons. The number of likely N-dealkylation sites (tertiary alicyclic amines) is 1. The summed E-state index contributed by atoms with van der Waals surface area (Å²) in [6, 6.07) is 4.14. The molecule has 0 atom stereocenters. The Hall–Kier alpha value is -1.86. The Morgan fingerprint density at radius 2 is 2.09 bits per heavy atom. The normalized spacial score (nSPS) is 16.4. The molecule has 1 fully saturated rings. The highest BCUT2D eigenvalue weighted by atomic mass is 32.1. The lowest BCUT2D eigenvalue weighted by molar-refractivity contribution is 0.0904. The van der Waals surface area contributed by atoms with Crippen molar-refractivity contribution in [2.24, 2.45) is 0 Å². The SMILES string of the molecule is O=C(NC1CCN(Cc2ccc(F)c(F)c2)CC1)c1cscn1. The van der Waals surface area contributed by atoms with E-state index in [1.165, 1.54) is 17.4 Å². The summed E-state index contributed by atoms with van der Waals surface area (Å²) in [5.41, 5.74) is 2.85. The van der Waals surface area contributed by atoms with Crippen LogP contribution in [0.4, 0.5) is 8.78 Å². The second-order valence-electron chi connectivity index (χ2n) is 5.65. The molecule has 0 bridgehead atoms. The molecule has 1 aliphatic heterocycles. The second kappa shape index (κ2) is 7.14. The number of thiazole rings is 1. The molecular formula is C16H17F2N3OS. The van der Waals surface area contributed by atoms with Crippen molar-refractivity contribution in [3.8, 4) is 0 Å². The van der Waals surface area contributed by atoms with Crippen LogP contribution >= 0.6 is 11.3 Å². The third-order valence-electron chi connectivity index (χ3n) is 3.98. The molecule has 1 aliphatic rings. The van der Waals surface area contributed by atoms with Crippen LogP contribution in [-0.4, -0.2) is 34.9 Å². The van der Waals surface area contributed by atoms with Crippen LogP contribution in [0.15, 0.2) is 29.1 Å². The Morgan fingerprint density at radius 1 is 1.30 bits per heavy atom. The maximum Gasteiger partial charge on any atom is 0.270 e. The van der Waals surface area contributed by atoms with Gasteiger partial charge in [-0.05, 0) is 30.5 Å². The third-order valence-corrected chi connectivity index (χ3v) is 4.56. The minimum atomic E-state index is -0.822. The highest BCUT2D eigenvalue weighted by molar-refractivity contribution is 7.07. The lowest BCUT2D eigenvalue weighted by Crippen LogP contribution is -2.44. The van der Waals surface area contributed by atoms with Gasteiger partial charge in [0, 0.05) is 31.1 Å². The van der Waals surface area contributed by atoms with Gasteiger partial charge in [-0.15, -0.1) is 11.3 Å². The fourth-order valence-electron chi connectivity index (χ4n) is 2.72. The first-order chi connectivity index (χ1) is 11.1. The molecule has 3 rings (SSSR count). The number of amides is 1. The second-order valence-corrected chi connectivity index (χ2v) is 6.36. The zero-order chi connectivity index (χ0) is 16.2. The zero-order valence-corrected chi connectivity index (χ0v) is 13.3. The summed E-state index contributed by atoms with van der Waals surface area (Å²) in [4.78, 5) is 18.1. The topological polar surface area (TPSA) is 45.2 Å². The standard InChI is InChI=1S/C16H17F2N3OS/c17-13-2-1-11(7-14(13)18)8-21-5-3-12(4-6-21)20-16(22)15-9-23-10-19-15/h1-2,7,9-10,12H,3-6,8H2,(H,20,22). The number of rotatable bonds is 4. The summed E-state index contributed by atoms with van der Waals surface area (Å²) in [6.07, 6.45) is 1.67. The van der Waals surface area contributed by atoms with Gasteiger partial charge in [-0.25, -0.2) is 13.8 Å². The van der Waals surface area contributed by atoms with Crippen LogP contribution in [0, 0.1) is 11.6 Å². The van der Waals surface area contributed by atoms with E-state index >= 15 is 0 Å². The molecule has 0 spiro atoms. The summed E-state index contributed by atoms with van der Waals surface area (Å²) in [7, 11) is 0. The fraction of sp³-hybridized carbons (Fsp3) is 0.375. The molecule has 1 N–H and O–H groups in total. The number of benzene rings is 1. The van der Waals surface area contributed by atoms with E-state index in [4.69, 9.17) is 0 Å². The van der Waals surface area contributed by atoms with Gasteiger partial charge >= 0.3 is 0 Å². The number of halogens is 2. The van der Waals surface area contributed by atoms with Crippen LogP contribution in [0.2, 0.25) is 0 Å². The van der Waals surface area contributed by atoms with E-state index in [-0.39, 0.29) is 11.9 Å². The van der Waals surface area contributed by atoms with Gasteiger partial charge in [0.05, 0.1) is 5.51 Å². The highest BCUT2D eigenvalue weighted by Gasteiger charge is 2.22. The Bertz CT molecular complexity index is 670. The number of aromatic nitrogens is 1. The van der Waals surface area contributed by atoms with E-state index in [9.17, 15) is 13.6 Å². The predicted octanol–water partition coefficient (Wildman–Crippen LogP) is 2.82. The highest BCUT2D eigenvalue weighted by Crippen LogP contribution is 2.16. The molecule has 2 aromatic rings. The summed E-state index contributed by atoms with van der Waals surface area (Å²) in [5, 5.41) is 4.72. The van der Waals surface area contributed by atoms with Crippen molar-refractivity contribution in [2.75, 3.05) is 13.1 Å². The van der Waals surface area contributed by atoms with Crippen LogP contribution in [0.5, 0.6) is 0 Å². The van der Waals surface area contributed by atoms with Gasteiger partial charge in [0.2, 0.25) is 0 Å². The Morgan fingerprint density at radius 3 is 2.74 bits per heavy atom. The van der Waals surface area contributed by atoms with Crippen LogP contribution in [0.1, 0.15) is 28.9 Å². The minimum Gasteiger partial charge on any atom is -0.348 e. The molecule has 23 heavy (non-hydrogen) atoms. The molecule has 2 heterocycles. The quantitative estimate of drug-likeness (QED) is 0.933. The van der Waals surface area contributed by atoms with Crippen molar-refractivity contribution < 1.29 is 13.6 Å². The number of nitrogens with one attached hydrogen (secondary N) is 1. The molecular weight excluding hydrogens is 320 g/mol. The molecule has 1 saturated heterocycles. The van der Waals surface area contributed by atoms with E-state index < -0.39 is 11.6 Å². The largest absolute Gasteiger partial charge is 0.348 e. The molecule has 7 heteroatoms. The van der Waals surface area contributed by atoms with E-state index in [0.29, 0.717) is 12.2 Å². The van der Waals surface area contributed by atoms with Crippen LogP contribution < -0.4 is 5.32 Å². The molecule has 4 nitrogen and oxygen atoms in total. The smallest absolute Gasteiger partial charge is 0.270 e. The van der Waals surface area contributed by atoms with E-state index in [0.717, 1.165) is 37.6 Å². The van der Waals surface area contributed by atoms with Crippen molar-refractivity contribution in [3.63, 3.8) is 0 Å². The fourth-order valence-corrected chi connectivity index (χ4v) is 3.25. The molecule has 1 aromatic carbocycles. The molecule has 1 aromatic heterocycles. The molecule has 0 unspecified atom stereocenters. The van der Waals surface area contributed by atoms with Gasteiger partial charge in [0.1, 0.15) is 5.69 Å². The van der Waals surface area contributed by atoms with E-state index in [1.807, 2.05) is 0 Å². The van der Waals surface area contributed by atoms with Gasteiger partial charge in [0.15, 0.2) is 11.6 Å². The first-order valence-corrected chi connectivity index (χ1v) is 8.41. The Labute approximate surface area is 137 Å². The number of carbonyl (C=O) groups excluding carboxylic acids is 1. The predicted molar refractivity (Wildman–Crippen MR) is 84.2 cm³/mol. The van der Waals surface area contributed by atoms with Crippen LogP contribution in [0.25, 0.3) is 0 Å². The lowest BCUT2D eigenvalue weighted by atomic mass is 10.0. The maximum absolute atomic E-state index is 13.2. The number of nitrogens with zero attached hydrogens (tertiary/aromatic N) is 2. The lowest BCUT2D eigenvalue weighted by Gasteiger charge is -2.32. The number of hydrogen-bond acceptors (Lipinski definition) is 4. The third kappa shape index (κ3) is 4.11. The summed E-state index contributed by atoms with van der Waals surface area (Å²) < 4.78 is 26.2. The summed E-state index contributed by atoms with van der Waals surface area (Å²) in [5.74, 6) is -1.77. The molecule has 1 amide bonds. The maximum atomic E-state index is 13.2. The number of carbonyl (C=O) groups is 1. The summed E-state index contributed by atoms with van der Waals surface area (Å²) in [6.45, 7) is 2.20. The van der Waals surface area contributed by atoms with Gasteiger partial charge in [0.25, 0.3) is 5.91 Å². The van der Waals surface area contributed by atoms with Crippen molar-refractivity contribution in [1.82, 2.24) is 15.2 Å². The monoisotopic (exact) mass is 337 g/mol. The molecule has 0 aliphatic carbocycles. The van der Waals surface area contributed by atoms with Crippen molar-refractivity contribution >= 4 is 17.2 Å². The van der Waals surface area contributed by atoms with Gasteiger partial charge in [-0.3, -0.25) is 9.69 Å². The van der Waals surface area contributed by atoms with E-state index in [1.54, 1.807) is 17.0 Å². The Balaban J connectivity index is 1.48.